The lowest BCUT2D eigenvalue weighted by Gasteiger charge is -2.33. The highest BCUT2D eigenvalue weighted by Crippen LogP contribution is 2.39. The van der Waals surface area contributed by atoms with Gasteiger partial charge >= 0.3 is 0 Å². The lowest BCUT2D eigenvalue weighted by molar-refractivity contribution is 0.183. The van der Waals surface area contributed by atoms with E-state index in [0.29, 0.717) is 0 Å². The molecule has 2 aliphatic rings. The summed E-state index contributed by atoms with van der Waals surface area (Å²) < 4.78 is 0. The normalized spacial score (nSPS) is 25.8. The minimum Gasteiger partial charge on any atom is -0.0683 e. The molecule has 0 N–H and O–H groups in total. The summed E-state index contributed by atoms with van der Waals surface area (Å²) in [5.41, 5.74) is 0.736. The molecule has 0 heterocycles. The molecule has 2 aliphatic carbocycles. The predicted octanol–water partition coefficient (Wildman–Crippen LogP) is 7.86. The summed E-state index contributed by atoms with van der Waals surface area (Å²) in [6.45, 7) is 17.3. The Morgan fingerprint density at radius 3 is 1.30 bits per heavy atom. The molecule has 0 aromatic carbocycles. The lowest BCUT2D eigenvalue weighted by Crippen LogP contribution is -2.21. The van der Waals surface area contributed by atoms with E-state index >= 15 is 0 Å². The fourth-order valence-corrected chi connectivity index (χ4v) is 3.12. The minimum atomic E-state index is 0.736. The highest BCUT2D eigenvalue weighted by molar-refractivity contribution is 4.78. The van der Waals surface area contributed by atoms with Crippen LogP contribution in [0.4, 0.5) is 0 Å². The molecule has 0 unspecified atom stereocenters. The van der Waals surface area contributed by atoms with Gasteiger partial charge in [-0.05, 0) is 42.9 Å². The highest BCUT2D eigenvalue weighted by Gasteiger charge is 2.26. The molecular weight excluding hydrogens is 240 g/mol. The van der Waals surface area contributed by atoms with Crippen molar-refractivity contribution in [3.63, 3.8) is 0 Å². The standard InChI is InChI=1S/2C8H16.2C2H6/c1-3-8(2)6-4-5-7-8;1-3-7-5-8(4-2)6-7;2*1-2/h3-7H2,1-2H3;7-8H,3-6H2,1-2H3;2*1-2H3. The molecule has 0 aromatic heterocycles. The van der Waals surface area contributed by atoms with E-state index in [1.807, 2.05) is 27.7 Å². The fraction of sp³-hybridized carbons (Fsp3) is 1.00. The van der Waals surface area contributed by atoms with Gasteiger partial charge in [0.2, 0.25) is 0 Å². The Morgan fingerprint density at radius 2 is 1.10 bits per heavy atom. The van der Waals surface area contributed by atoms with Gasteiger partial charge in [0.05, 0.1) is 0 Å². The van der Waals surface area contributed by atoms with Crippen LogP contribution in [0.25, 0.3) is 0 Å². The molecule has 0 nitrogen and oxygen atoms in total. The molecule has 2 saturated carbocycles. The minimum absolute atomic E-state index is 0.736. The maximum Gasteiger partial charge on any atom is -0.0328 e. The Labute approximate surface area is 131 Å². The van der Waals surface area contributed by atoms with Crippen LogP contribution >= 0.6 is 0 Å². The van der Waals surface area contributed by atoms with Crippen LogP contribution in [-0.2, 0) is 0 Å². The molecule has 0 heteroatoms. The lowest BCUT2D eigenvalue weighted by atomic mass is 9.72. The third-order valence-corrected chi connectivity index (χ3v) is 5.15. The molecule has 124 valence electrons. The van der Waals surface area contributed by atoms with Crippen molar-refractivity contribution in [2.24, 2.45) is 17.3 Å². The quantitative estimate of drug-likeness (QED) is 0.494. The summed E-state index contributed by atoms with van der Waals surface area (Å²) >= 11 is 0. The van der Waals surface area contributed by atoms with Gasteiger partial charge in [-0.3, -0.25) is 0 Å². The van der Waals surface area contributed by atoms with Gasteiger partial charge in [-0.25, -0.2) is 0 Å². The second kappa shape index (κ2) is 14.0. The zero-order valence-electron chi connectivity index (χ0n) is 16.0. The summed E-state index contributed by atoms with van der Waals surface area (Å²) in [5, 5.41) is 0. The summed E-state index contributed by atoms with van der Waals surface area (Å²) in [6, 6.07) is 0. The Bertz CT molecular complexity index is 162. The molecule has 0 saturated heterocycles. The Balaban J connectivity index is 0. The van der Waals surface area contributed by atoms with Gasteiger partial charge in [0.1, 0.15) is 0 Å². The molecule has 0 aliphatic heterocycles. The summed E-state index contributed by atoms with van der Waals surface area (Å²) in [6.07, 6.45) is 13.2. The Kier molecular flexibility index (Phi) is 15.6. The molecule has 0 radical (unpaired) electrons. The van der Waals surface area contributed by atoms with Crippen LogP contribution in [0.3, 0.4) is 0 Å². The van der Waals surface area contributed by atoms with Crippen molar-refractivity contribution in [2.45, 2.75) is 113 Å². The van der Waals surface area contributed by atoms with Gasteiger partial charge in [-0.2, -0.15) is 0 Å². The Hall–Kier alpha value is 0. The monoisotopic (exact) mass is 284 g/mol. The van der Waals surface area contributed by atoms with Crippen LogP contribution in [0.2, 0.25) is 0 Å². The van der Waals surface area contributed by atoms with Crippen LogP contribution in [0.15, 0.2) is 0 Å². The third-order valence-electron chi connectivity index (χ3n) is 5.15. The maximum absolute atomic E-state index is 2.42. The van der Waals surface area contributed by atoms with E-state index in [2.05, 4.69) is 27.7 Å². The van der Waals surface area contributed by atoms with E-state index in [9.17, 15) is 0 Å². The second-order valence-electron chi connectivity index (χ2n) is 6.39. The van der Waals surface area contributed by atoms with Crippen molar-refractivity contribution in [1.29, 1.82) is 0 Å². The third kappa shape index (κ3) is 9.03. The number of rotatable bonds is 3. The first-order chi connectivity index (χ1) is 9.63. The van der Waals surface area contributed by atoms with Gasteiger partial charge in [-0.15, -0.1) is 0 Å². The average molecular weight is 285 g/mol. The van der Waals surface area contributed by atoms with Crippen molar-refractivity contribution in [2.75, 3.05) is 0 Å². The molecule has 0 amide bonds. The van der Waals surface area contributed by atoms with Crippen LogP contribution in [0, 0.1) is 17.3 Å². The summed E-state index contributed by atoms with van der Waals surface area (Å²) in [5.74, 6) is 2.19. The molecule has 0 atom stereocenters. The summed E-state index contributed by atoms with van der Waals surface area (Å²) in [4.78, 5) is 0. The summed E-state index contributed by atoms with van der Waals surface area (Å²) in [7, 11) is 0. The van der Waals surface area contributed by atoms with Crippen molar-refractivity contribution in [1.82, 2.24) is 0 Å². The highest BCUT2D eigenvalue weighted by atomic mass is 14.3. The van der Waals surface area contributed by atoms with Crippen molar-refractivity contribution in [3.8, 4) is 0 Å². The first-order valence-electron chi connectivity index (χ1n) is 9.63. The largest absolute Gasteiger partial charge is 0.0683 e. The van der Waals surface area contributed by atoms with Crippen molar-refractivity contribution in [3.05, 3.63) is 0 Å². The van der Waals surface area contributed by atoms with E-state index < -0.39 is 0 Å². The number of hydrogen-bond acceptors (Lipinski definition) is 0. The van der Waals surface area contributed by atoms with E-state index in [0.717, 1.165) is 17.3 Å². The zero-order valence-corrected chi connectivity index (χ0v) is 16.0. The second-order valence-corrected chi connectivity index (χ2v) is 6.39. The SMILES string of the molecule is CC.CC.CCC1(C)CCCC1.CCC1CC(CC)C1. The molecular formula is C20H44. The Morgan fingerprint density at radius 1 is 0.750 bits per heavy atom. The molecule has 2 fully saturated rings. The van der Waals surface area contributed by atoms with E-state index in [1.54, 1.807) is 0 Å². The predicted molar refractivity (Wildman–Crippen MR) is 96.4 cm³/mol. The van der Waals surface area contributed by atoms with Crippen LogP contribution in [0.5, 0.6) is 0 Å². The number of hydrogen-bond donors (Lipinski definition) is 0. The smallest absolute Gasteiger partial charge is 0.0328 e. The van der Waals surface area contributed by atoms with Gasteiger partial charge in [0, 0.05) is 0 Å². The first-order valence-corrected chi connectivity index (χ1v) is 9.63. The average Bonchev–Trinajstić information content (AvgIpc) is 2.91. The fourth-order valence-electron chi connectivity index (χ4n) is 3.12. The topological polar surface area (TPSA) is 0 Å². The molecule has 0 spiro atoms. The van der Waals surface area contributed by atoms with E-state index in [1.165, 1.54) is 57.8 Å². The maximum atomic E-state index is 2.42. The van der Waals surface area contributed by atoms with Crippen LogP contribution in [0.1, 0.15) is 113 Å². The first kappa shape index (κ1) is 22.3. The van der Waals surface area contributed by atoms with Gasteiger partial charge in [0.15, 0.2) is 0 Å². The van der Waals surface area contributed by atoms with Gasteiger partial charge < -0.3 is 0 Å². The molecule has 2 rings (SSSR count). The molecule has 0 aromatic rings. The van der Waals surface area contributed by atoms with Crippen molar-refractivity contribution >= 4 is 0 Å². The zero-order chi connectivity index (χ0) is 16.0. The van der Waals surface area contributed by atoms with Crippen molar-refractivity contribution < 1.29 is 0 Å². The molecule has 0 bridgehead atoms. The van der Waals surface area contributed by atoms with Gasteiger partial charge in [-0.1, -0.05) is 87.5 Å². The van der Waals surface area contributed by atoms with Crippen LogP contribution < -0.4 is 0 Å². The molecule has 20 heavy (non-hydrogen) atoms. The van der Waals surface area contributed by atoms with Gasteiger partial charge in [0.25, 0.3) is 0 Å². The van der Waals surface area contributed by atoms with E-state index in [4.69, 9.17) is 0 Å². The van der Waals surface area contributed by atoms with Crippen LogP contribution in [-0.4, -0.2) is 0 Å². The van der Waals surface area contributed by atoms with E-state index in [-0.39, 0.29) is 0 Å².